The normalized spacial score (nSPS) is 14.2. The molecule has 0 unspecified atom stereocenters. The lowest BCUT2D eigenvalue weighted by Gasteiger charge is -2.18. The molecular weight excluding hydrogens is 256 g/mol. The number of carbonyl (C=O) groups excluding carboxylic acids is 2. The Morgan fingerprint density at radius 2 is 1.95 bits per heavy atom. The maximum atomic E-state index is 11.8. The van der Waals surface area contributed by atoms with Crippen LogP contribution in [0.4, 0.5) is 10.5 Å². The third kappa shape index (κ3) is 3.50. The van der Waals surface area contributed by atoms with Gasteiger partial charge in [-0.2, -0.15) is 0 Å². The number of hydrogen-bond donors (Lipinski definition) is 1. The van der Waals surface area contributed by atoms with Gasteiger partial charge in [-0.3, -0.25) is 4.79 Å². The highest BCUT2D eigenvalue weighted by Gasteiger charge is 2.19. The molecule has 0 aromatic heterocycles. The van der Waals surface area contributed by atoms with Crippen molar-refractivity contribution in [1.29, 1.82) is 0 Å². The second kappa shape index (κ2) is 6.41. The van der Waals surface area contributed by atoms with E-state index in [0.29, 0.717) is 19.7 Å². The van der Waals surface area contributed by atoms with Gasteiger partial charge in [0.2, 0.25) is 5.91 Å². The first-order valence-corrected chi connectivity index (χ1v) is 6.91. The first-order chi connectivity index (χ1) is 9.60. The summed E-state index contributed by atoms with van der Waals surface area (Å²) in [7, 11) is 0. The zero-order chi connectivity index (χ0) is 14.5. The van der Waals surface area contributed by atoms with E-state index in [1.807, 2.05) is 25.1 Å². The van der Waals surface area contributed by atoms with Crippen LogP contribution in [-0.2, 0) is 22.4 Å². The molecule has 0 bridgehead atoms. The molecule has 0 spiro atoms. The fraction of sp³-hybridized carbons (Fsp3) is 0.467. The number of nitrogens with zero attached hydrogens (tertiary/aromatic N) is 1. The molecule has 0 saturated carbocycles. The highest BCUT2D eigenvalue weighted by Crippen LogP contribution is 2.20. The molecule has 2 amide bonds. The number of hydrogen-bond acceptors (Lipinski definition) is 3. The third-order valence-electron chi connectivity index (χ3n) is 3.35. The SMILES string of the molecule is CCOC(=O)N1CCc2ccc(NC(C)=O)cc2CC1. The highest BCUT2D eigenvalue weighted by atomic mass is 16.6. The van der Waals surface area contributed by atoms with Crippen LogP contribution in [-0.4, -0.2) is 36.6 Å². The van der Waals surface area contributed by atoms with E-state index in [1.54, 1.807) is 4.90 Å². The molecule has 0 aliphatic carbocycles. The topological polar surface area (TPSA) is 58.6 Å². The molecule has 1 aliphatic heterocycles. The zero-order valence-electron chi connectivity index (χ0n) is 11.9. The van der Waals surface area contributed by atoms with Crippen molar-refractivity contribution in [1.82, 2.24) is 4.90 Å². The minimum atomic E-state index is -0.248. The van der Waals surface area contributed by atoms with Crippen molar-refractivity contribution < 1.29 is 14.3 Å². The van der Waals surface area contributed by atoms with Gasteiger partial charge >= 0.3 is 6.09 Å². The standard InChI is InChI=1S/C15H20N2O3/c1-3-20-15(19)17-8-6-12-4-5-14(16-11(2)18)10-13(12)7-9-17/h4-5,10H,3,6-9H2,1-2H3,(H,16,18). The quantitative estimate of drug-likeness (QED) is 0.901. The Balaban J connectivity index is 2.09. The molecule has 5 nitrogen and oxygen atoms in total. The Bertz CT molecular complexity index is 514. The molecule has 1 aromatic rings. The van der Waals surface area contributed by atoms with Crippen LogP contribution < -0.4 is 5.32 Å². The van der Waals surface area contributed by atoms with Crippen molar-refractivity contribution in [2.45, 2.75) is 26.7 Å². The van der Waals surface area contributed by atoms with E-state index in [-0.39, 0.29) is 12.0 Å². The van der Waals surface area contributed by atoms with Gasteiger partial charge in [0.05, 0.1) is 6.61 Å². The summed E-state index contributed by atoms with van der Waals surface area (Å²) in [5, 5.41) is 2.79. The number of nitrogens with one attached hydrogen (secondary N) is 1. The lowest BCUT2D eigenvalue weighted by atomic mass is 10.0. The number of fused-ring (bicyclic) bond motifs is 1. The van der Waals surface area contributed by atoms with Gasteiger partial charge in [0.25, 0.3) is 0 Å². The number of carbonyl (C=O) groups is 2. The molecule has 0 fully saturated rings. The Kier molecular flexibility index (Phi) is 4.61. The van der Waals surface area contributed by atoms with E-state index in [1.165, 1.54) is 18.1 Å². The number of anilines is 1. The average molecular weight is 276 g/mol. The molecule has 0 atom stereocenters. The van der Waals surface area contributed by atoms with E-state index in [4.69, 9.17) is 4.74 Å². The van der Waals surface area contributed by atoms with Crippen LogP contribution in [0.1, 0.15) is 25.0 Å². The molecule has 1 N–H and O–H groups in total. The predicted octanol–water partition coefficient (Wildman–Crippen LogP) is 2.20. The first-order valence-electron chi connectivity index (χ1n) is 6.91. The molecule has 1 aromatic carbocycles. The number of rotatable bonds is 2. The summed E-state index contributed by atoms with van der Waals surface area (Å²) in [6.07, 6.45) is 1.35. The van der Waals surface area contributed by atoms with Crippen molar-refractivity contribution in [2.24, 2.45) is 0 Å². The summed E-state index contributed by atoms with van der Waals surface area (Å²) in [6.45, 7) is 5.02. The second-order valence-corrected chi connectivity index (χ2v) is 4.85. The van der Waals surface area contributed by atoms with Crippen LogP contribution in [0.25, 0.3) is 0 Å². The van der Waals surface area contributed by atoms with Crippen LogP contribution in [0.3, 0.4) is 0 Å². The van der Waals surface area contributed by atoms with Crippen LogP contribution in [0.5, 0.6) is 0 Å². The monoisotopic (exact) mass is 276 g/mol. The summed E-state index contributed by atoms with van der Waals surface area (Å²) in [5.41, 5.74) is 3.22. The fourth-order valence-corrected chi connectivity index (χ4v) is 2.40. The summed E-state index contributed by atoms with van der Waals surface area (Å²) < 4.78 is 5.04. The molecule has 1 aliphatic rings. The molecule has 2 rings (SSSR count). The number of amides is 2. The lowest BCUT2D eigenvalue weighted by Crippen LogP contribution is -2.33. The molecule has 108 valence electrons. The van der Waals surface area contributed by atoms with Gasteiger partial charge in [-0.05, 0) is 43.0 Å². The Labute approximate surface area is 118 Å². The van der Waals surface area contributed by atoms with Gasteiger partial charge in [-0.1, -0.05) is 6.07 Å². The Hall–Kier alpha value is -2.04. The minimum Gasteiger partial charge on any atom is -0.450 e. The lowest BCUT2D eigenvalue weighted by molar-refractivity contribution is -0.114. The van der Waals surface area contributed by atoms with Crippen molar-refractivity contribution in [2.75, 3.05) is 25.0 Å². The van der Waals surface area contributed by atoms with Gasteiger partial charge in [0.1, 0.15) is 0 Å². The largest absolute Gasteiger partial charge is 0.450 e. The van der Waals surface area contributed by atoms with Gasteiger partial charge in [-0.15, -0.1) is 0 Å². The average Bonchev–Trinajstić information content (AvgIpc) is 2.60. The van der Waals surface area contributed by atoms with Crippen LogP contribution >= 0.6 is 0 Å². The van der Waals surface area contributed by atoms with E-state index in [2.05, 4.69) is 5.32 Å². The molecule has 0 saturated heterocycles. The maximum absolute atomic E-state index is 11.8. The van der Waals surface area contributed by atoms with Crippen LogP contribution in [0, 0.1) is 0 Å². The third-order valence-corrected chi connectivity index (χ3v) is 3.35. The summed E-state index contributed by atoms with van der Waals surface area (Å²) >= 11 is 0. The highest BCUT2D eigenvalue weighted by molar-refractivity contribution is 5.88. The van der Waals surface area contributed by atoms with E-state index in [9.17, 15) is 9.59 Å². The number of ether oxygens (including phenoxy) is 1. The summed E-state index contributed by atoms with van der Waals surface area (Å²) in [6, 6.07) is 5.92. The second-order valence-electron chi connectivity index (χ2n) is 4.85. The summed E-state index contributed by atoms with van der Waals surface area (Å²) in [4.78, 5) is 24.6. The Morgan fingerprint density at radius 3 is 2.60 bits per heavy atom. The Morgan fingerprint density at radius 1 is 1.25 bits per heavy atom. The minimum absolute atomic E-state index is 0.0771. The molecule has 1 heterocycles. The molecule has 5 heteroatoms. The van der Waals surface area contributed by atoms with Crippen molar-refractivity contribution >= 4 is 17.7 Å². The van der Waals surface area contributed by atoms with Crippen molar-refractivity contribution in [3.8, 4) is 0 Å². The van der Waals surface area contributed by atoms with Gasteiger partial charge in [0, 0.05) is 25.7 Å². The fourth-order valence-electron chi connectivity index (χ4n) is 2.40. The maximum Gasteiger partial charge on any atom is 0.409 e. The molecule has 0 radical (unpaired) electrons. The van der Waals surface area contributed by atoms with E-state index in [0.717, 1.165) is 18.5 Å². The van der Waals surface area contributed by atoms with Crippen LogP contribution in [0.15, 0.2) is 18.2 Å². The first kappa shape index (κ1) is 14.4. The molecule has 20 heavy (non-hydrogen) atoms. The van der Waals surface area contributed by atoms with Gasteiger partial charge < -0.3 is 15.0 Å². The van der Waals surface area contributed by atoms with E-state index >= 15 is 0 Å². The van der Waals surface area contributed by atoms with Crippen molar-refractivity contribution in [3.63, 3.8) is 0 Å². The van der Waals surface area contributed by atoms with E-state index < -0.39 is 0 Å². The smallest absolute Gasteiger partial charge is 0.409 e. The van der Waals surface area contributed by atoms with Crippen molar-refractivity contribution in [3.05, 3.63) is 29.3 Å². The zero-order valence-corrected chi connectivity index (χ0v) is 11.9. The number of benzene rings is 1. The van der Waals surface area contributed by atoms with Crippen LogP contribution in [0.2, 0.25) is 0 Å². The van der Waals surface area contributed by atoms with Gasteiger partial charge in [-0.25, -0.2) is 4.79 Å². The molecular formula is C15H20N2O3. The predicted molar refractivity (Wildman–Crippen MR) is 76.7 cm³/mol. The van der Waals surface area contributed by atoms with Gasteiger partial charge in [0.15, 0.2) is 0 Å². The summed E-state index contributed by atoms with van der Waals surface area (Å²) in [5.74, 6) is -0.0771.